The predicted octanol–water partition coefficient (Wildman–Crippen LogP) is 5.18. The third kappa shape index (κ3) is 4.23. The van der Waals surface area contributed by atoms with Gasteiger partial charge in [0, 0.05) is 22.2 Å². The Kier molecular flexibility index (Phi) is 5.27. The second-order valence-corrected chi connectivity index (χ2v) is 5.88. The highest BCUT2D eigenvalue weighted by molar-refractivity contribution is 6.36. The topological polar surface area (TPSA) is 29.1 Å². The normalized spacial score (nSPS) is 10.5. The van der Waals surface area contributed by atoms with Gasteiger partial charge in [0.15, 0.2) is 0 Å². The standard InChI is InChI=1S/C17H17Cl2NO/c1-11-6-7-12(2)16(10-11)20-17(21)9-8-13-14(18)4-3-5-15(13)19/h3-7,10H,8-9H2,1-2H3,(H,20,21). The third-order valence-electron chi connectivity index (χ3n) is 3.33. The molecule has 0 unspecified atom stereocenters. The first-order chi connectivity index (χ1) is 9.97. The molecule has 2 rings (SSSR count). The van der Waals surface area contributed by atoms with Crippen molar-refractivity contribution >= 4 is 34.8 Å². The maximum Gasteiger partial charge on any atom is 0.224 e. The van der Waals surface area contributed by atoms with Gasteiger partial charge in [-0.2, -0.15) is 0 Å². The largest absolute Gasteiger partial charge is 0.326 e. The fourth-order valence-electron chi connectivity index (χ4n) is 2.09. The zero-order chi connectivity index (χ0) is 15.4. The molecule has 1 N–H and O–H groups in total. The van der Waals surface area contributed by atoms with Crippen LogP contribution >= 0.6 is 23.2 Å². The number of benzene rings is 2. The number of carbonyl (C=O) groups excluding carboxylic acids is 1. The van der Waals surface area contributed by atoms with E-state index in [0.29, 0.717) is 22.9 Å². The van der Waals surface area contributed by atoms with Crippen molar-refractivity contribution in [3.8, 4) is 0 Å². The molecule has 0 aliphatic rings. The molecule has 0 bridgehead atoms. The first-order valence-electron chi connectivity index (χ1n) is 6.77. The van der Waals surface area contributed by atoms with Crippen molar-refractivity contribution in [2.75, 3.05) is 5.32 Å². The van der Waals surface area contributed by atoms with Crippen LogP contribution < -0.4 is 5.32 Å². The van der Waals surface area contributed by atoms with Gasteiger partial charge in [-0.3, -0.25) is 4.79 Å². The molecule has 0 heterocycles. The van der Waals surface area contributed by atoms with Gasteiger partial charge in [-0.15, -0.1) is 0 Å². The lowest BCUT2D eigenvalue weighted by Crippen LogP contribution is -2.13. The van der Waals surface area contributed by atoms with Crippen LogP contribution in [0.2, 0.25) is 10.0 Å². The Bertz CT molecular complexity index is 648. The zero-order valence-corrected chi connectivity index (χ0v) is 13.6. The highest BCUT2D eigenvalue weighted by Crippen LogP contribution is 2.25. The molecule has 2 nitrogen and oxygen atoms in total. The summed E-state index contributed by atoms with van der Waals surface area (Å²) in [6.07, 6.45) is 0.867. The van der Waals surface area contributed by atoms with Crippen LogP contribution in [0.5, 0.6) is 0 Å². The Morgan fingerprint density at radius 2 is 1.76 bits per heavy atom. The Morgan fingerprint density at radius 3 is 2.43 bits per heavy atom. The van der Waals surface area contributed by atoms with Crippen molar-refractivity contribution in [1.29, 1.82) is 0 Å². The molecular formula is C17H17Cl2NO. The van der Waals surface area contributed by atoms with Crippen molar-refractivity contribution in [1.82, 2.24) is 0 Å². The molecule has 21 heavy (non-hydrogen) atoms. The number of carbonyl (C=O) groups is 1. The molecule has 0 fully saturated rings. The molecule has 4 heteroatoms. The molecule has 0 saturated heterocycles. The van der Waals surface area contributed by atoms with Gasteiger partial charge in [-0.05, 0) is 55.2 Å². The third-order valence-corrected chi connectivity index (χ3v) is 4.04. The van der Waals surface area contributed by atoms with Crippen LogP contribution in [0.3, 0.4) is 0 Å². The molecule has 0 radical (unpaired) electrons. The molecular weight excluding hydrogens is 305 g/mol. The van der Waals surface area contributed by atoms with E-state index in [2.05, 4.69) is 5.32 Å². The van der Waals surface area contributed by atoms with E-state index in [9.17, 15) is 4.79 Å². The van der Waals surface area contributed by atoms with Gasteiger partial charge in [0.1, 0.15) is 0 Å². The summed E-state index contributed by atoms with van der Waals surface area (Å²) in [5, 5.41) is 4.13. The second-order valence-electron chi connectivity index (χ2n) is 5.07. The Hall–Kier alpha value is -1.51. The first-order valence-corrected chi connectivity index (χ1v) is 7.53. The van der Waals surface area contributed by atoms with Gasteiger partial charge in [0.25, 0.3) is 0 Å². The minimum atomic E-state index is -0.0420. The monoisotopic (exact) mass is 321 g/mol. The first kappa shape index (κ1) is 15.9. The molecule has 0 spiro atoms. The molecule has 2 aromatic rings. The van der Waals surface area contributed by atoms with Crippen molar-refractivity contribution in [3.05, 3.63) is 63.1 Å². The van der Waals surface area contributed by atoms with E-state index < -0.39 is 0 Å². The molecule has 0 aliphatic carbocycles. The number of rotatable bonds is 4. The van der Waals surface area contributed by atoms with Gasteiger partial charge in [0.2, 0.25) is 5.91 Å². The Labute approximate surface area is 135 Å². The van der Waals surface area contributed by atoms with Crippen LogP contribution in [-0.4, -0.2) is 5.91 Å². The quantitative estimate of drug-likeness (QED) is 0.825. The summed E-state index contributed by atoms with van der Waals surface area (Å²) in [6, 6.07) is 11.3. The molecule has 2 aromatic carbocycles. The van der Waals surface area contributed by atoms with Crippen molar-refractivity contribution in [2.24, 2.45) is 0 Å². The summed E-state index contributed by atoms with van der Waals surface area (Å²) in [5.74, 6) is -0.0420. The van der Waals surface area contributed by atoms with Crippen LogP contribution in [0.1, 0.15) is 23.1 Å². The fraction of sp³-hybridized carbons (Fsp3) is 0.235. The van der Waals surface area contributed by atoms with E-state index in [1.54, 1.807) is 18.2 Å². The van der Waals surface area contributed by atoms with E-state index in [0.717, 1.165) is 22.4 Å². The lowest BCUT2D eigenvalue weighted by Gasteiger charge is -2.10. The molecule has 0 aliphatic heterocycles. The maximum atomic E-state index is 12.1. The van der Waals surface area contributed by atoms with Crippen LogP contribution in [-0.2, 0) is 11.2 Å². The summed E-state index contributed by atoms with van der Waals surface area (Å²) < 4.78 is 0. The number of nitrogens with one attached hydrogen (secondary N) is 1. The summed E-state index contributed by atoms with van der Waals surface area (Å²) >= 11 is 12.2. The van der Waals surface area contributed by atoms with Crippen LogP contribution in [0.15, 0.2) is 36.4 Å². The van der Waals surface area contributed by atoms with Crippen LogP contribution in [0.25, 0.3) is 0 Å². The zero-order valence-electron chi connectivity index (χ0n) is 12.0. The average Bonchev–Trinajstić information content (AvgIpc) is 2.42. The Balaban J connectivity index is 2.01. The maximum absolute atomic E-state index is 12.1. The second kappa shape index (κ2) is 6.97. The SMILES string of the molecule is Cc1ccc(C)c(NC(=O)CCc2c(Cl)cccc2Cl)c1. The van der Waals surface area contributed by atoms with E-state index in [1.807, 2.05) is 32.0 Å². The van der Waals surface area contributed by atoms with E-state index in [4.69, 9.17) is 23.2 Å². The smallest absolute Gasteiger partial charge is 0.224 e. The fourth-order valence-corrected chi connectivity index (χ4v) is 2.68. The van der Waals surface area contributed by atoms with Crippen molar-refractivity contribution in [3.63, 3.8) is 0 Å². The lowest BCUT2D eigenvalue weighted by atomic mass is 10.1. The van der Waals surface area contributed by atoms with E-state index >= 15 is 0 Å². The number of amides is 1. The lowest BCUT2D eigenvalue weighted by molar-refractivity contribution is -0.116. The molecule has 1 amide bonds. The molecule has 0 aromatic heterocycles. The van der Waals surface area contributed by atoms with Crippen molar-refractivity contribution in [2.45, 2.75) is 26.7 Å². The predicted molar refractivity (Wildman–Crippen MR) is 89.3 cm³/mol. The van der Waals surface area contributed by atoms with E-state index in [-0.39, 0.29) is 5.91 Å². The van der Waals surface area contributed by atoms with Crippen molar-refractivity contribution < 1.29 is 4.79 Å². The number of anilines is 1. The van der Waals surface area contributed by atoms with Crippen LogP contribution in [0.4, 0.5) is 5.69 Å². The summed E-state index contributed by atoms with van der Waals surface area (Å²) in [4.78, 5) is 12.1. The van der Waals surface area contributed by atoms with Gasteiger partial charge < -0.3 is 5.32 Å². The van der Waals surface area contributed by atoms with Gasteiger partial charge >= 0.3 is 0 Å². The molecule has 110 valence electrons. The molecule has 0 saturated carbocycles. The highest BCUT2D eigenvalue weighted by atomic mass is 35.5. The van der Waals surface area contributed by atoms with Gasteiger partial charge in [-0.1, -0.05) is 41.4 Å². The van der Waals surface area contributed by atoms with E-state index in [1.165, 1.54) is 0 Å². The minimum absolute atomic E-state index is 0.0420. The summed E-state index contributed by atoms with van der Waals surface area (Å²) in [7, 11) is 0. The number of hydrogen-bond donors (Lipinski definition) is 1. The summed E-state index contributed by atoms with van der Waals surface area (Å²) in [6.45, 7) is 3.97. The highest BCUT2D eigenvalue weighted by Gasteiger charge is 2.09. The number of hydrogen-bond acceptors (Lipinski definition) is 1. The Morgan fingerprint density at radius 1 is 1.10 bits per heavy atom. The van der Waals surface area contributed by atoms with Gasteiger partial charge in [-0.25, -0.2) is 0 Å². The summed E-state index contributed by atoms with van der Waals surface area (Å²) in [5.41, 5.74) is 3.83. The number of halogens is 2. The molecule has 0 atom stereocenters. The van der Waals surface area contributed by atoms with Crippen LogP contribution in [0, 0.1) is 13.8 Å². The minimum Gasteiger partial charge on any atom is -0.326 e. The van der Waals surface area contributed by atoms with Gasteiger partial charge in [0.05, 0.1) is 0 Å². The number of aryl methyl sites for hydroxylation is 2. The average molecular weight is 322 g/mol.